The van der Waals surface area contributed by atoms with Gasteiger partial charge in [-0.3, -0.25) is 0 Å². The second kappa shape index (κ2) is 12.5. The van der Waals surface area contributed by atoms with E-state index >= 15 is 0 Å². The van der Waals surface area contributed by atoms with E-state index in [0.29, 0.717) is 5.56 Å². The van der Waals surface area contributed by atoms with Gasteiger partial charge < -0.3 is 23.7 Å². The van der Waals surface area contributed by atoms with Crippen LogP contribution in [-0.4, -0.2) is 50.5 Å². The zero-order valence-electron chi connectivity index (χ0n) is 18.7. The summed E-state index contributed by atoms with van der Waals surface area (Å²) in [5.41, 5.74) is 0.536. The summed E-state index contributed by atoms with van der Waals surface area (Å²) in [5, 5.41) is 0. The van der Waals surface area contributed by atoms with Gasteiger partial charge >= 0.3 is 24.1 Å². The lowest BCUT2D eigenvalue weighted by Gasteiger charge is -2.18. The van der Waals surface area contributed by atoms with E-state index in [1.54, 1.807) is 72.8 Å². The fourth-order valence-electron chi connectivity index (χ4n) is 2.84. The van der Waals surface area contributed by atoms with E-state index in [-0.39, 0.29) is 23.5 Å². The molecule has 9 nitrogen and oxygen atoms in total. The van der Waals surface area contributed by atoms with Crippen LogP contribution in [-0.2, 0) is 18.9 Å². The number of carbonyl (C=O) groups excluding carboxylic acids is 4. The Morgan fingerprint density at radius 1 is 0.657 bits per heavy atom. The molecule has 3 aromatic carbocycles. The first kappa shape index (κ1) is 25.0. The SMILES string of the molecule is COC(=O)Oc1ccccc1C(=O)OCC(COC(=O)c1ccccc1)OC(=O)c1ccccc1. The van der Waals surface area contributed by atoms with Crippen LogP contribution in [0.5, 0.6) is 5.75 Å². The molecular formula is C26H22O9. The zero-order chi connectivity index (χ0) is 25.0. The van der Waals surface area contributed by atoms with Gasteiger partial charge in [0.25, 0.3) is 0 Å². The maximum atomic E-state index is 12.7. The third kappa shape index (κ3) is 7.43. The Balaban J connectivity index is 1.69. The lowest BCUT2D eigenvalue weighted by Crippen LogP contribution is -2.31. The van der Waals surface area contributed by atoms with Gasteiger partial charge in [0.15, 0.2) is 6.10 Å². The van der Waals surface area contributed by atoms with Crippen molar-refractivity contribution in [3.63, 3.8) is 0 Å². The quantitative estimate of drug-likeness (QED) is 0.255. The van der Waals surface area contributed by atoms with Crippen molar-refractivity contribution < 1.29 is 42.9 Å². The zero-order valence-corrected chi connectivity index (χ0v) is 18.7. The minimum atomic E-state index is -1.10. The van der Waals surface area contributed by atoms with E-state index in [9.17, 15) is 19.2 Å². The Bertz CT molecular complexity index is 1160. The second-order valence-electron chi connectivity index (χ2n) is 7.01. The van der Waals surface area contributed by atoms with Gasteiger partial charge in [0, 0.05) is 0 Å². The number of hydrogen-bond donors (Lipinski definition) is 0. The fourth-order valence-corrected chi connectivity index (χ4v) is 2.84. The third-order valence-electron chi connectivity index (χ3n) is 4.56. The molecule has 180 valence electrons. The van der Waals surface area contributed by atoms with Crippen LogP contribution in [0.2, 0.25) is 0 Å². The molecule has 0 heterocycles. The molecule has 0 bridgehead atoms. The van der Waals surface area contributed by atoms with Crippen molar-refractivity contribution >= 4 is 24.1 Å². The molecule has 1 atom stereocenters. The van der Waals surface area contributed by atoms with Crippen molar-refractivity contribution in [2.75, 3.05) is 20.3 Å². The van der Waals surface area contributed by atoms with E-state index < -0.39 is 36.8 Å². The number of hydrogen-bond acceptors (Lipinski definition) is 9. The van der Waals surface area contributed by atoms with Crippen molar-refractivity contribution in [2.24, 2.45) is 0 Å². The van der Waals surface area contributed by atoms with Gasteiger partial charge in [-0.15, -0.1) is 0 Å². The van der Waals surface area contributed by atoms with Gasteiger partial charge in [-0.2, -0.15) is 0 Å². The van der Waals surface area contributed by atoms with Crippen LogP contribution in [0.3, 0.4) is 0 Å². The molecule has 0 N–H and O–H groups in total. The predicted molar refractivity (Wildman–Crippen MR) is 122 cm³/mol. The van der Waals surface area contributed by atoms with Crippen molar-refractivity contribution in [1.29, 1.82) is 0 Å². The highest BCUT2D eigenvalue weighted by Crippen LogP contribution is 2.20. The summed E-state index contributed by atoms with van der Waals surface area (Å²) < 4.78 is 25.4. The number of benzene rings is 3. The van der Waals surface area contributed by atoms with Crippen molar-refractivity contribution in [3.8, 4) is 5.75 Å². The van der Waals surface area contributed by atoms with Gasteiger partial charge in [0.1, 0.15) is 24.5 Å². The smallest absolute Gasteiger partial charge is 0.458 e. The number of para-hydroxylation sites is 1. The number of ether oxygens (including phenoxy) is 5. The van der Waals surface area contributed by atoms with Crippen molar-refractivity contribution in [3.05, 3.63) is 102 Å². The molecule has 3 aromatic rings. The first-order chi connectivity index (χ1) is 17.0. The van der Waals surface area contributed by atoms with Gasteiger partial charge in [0.2, 0.25) is 0 Å². The van der Waals surface area contributed by atoms with Gasteiger partial charge in [-0.1, -0.05) is 48.5 Å². The Morgan fingerprint density at radius 2 is 1.17 bits per heavy atom. The summed E-state index contributed by atoms with van der Waals surface area (Å²) in [6, 6.07) is 22.3. The molecule has 9 heteroatoms. The molecule has 0 aliphatic rings. The molecular weight excluding hydrogens is 456 g/mol. The first-order valence-electron chi connectivity index (χ1n) is 10.5. The molecule has 0 saturated carbocycles. The van der Waals surface area contributed by atoms with Gasteiger partial charge in [-0.05, 0) is 36.4 Å². The molecule has 3 rings (SSSR count). The highest BCUT2D eigenvalue weighted by molar-refractivity contribution is 5.93. The highest BCUT2D eigenvalue weighted by Gasteiger charge is 2.23. The summed E-state index contributed by atoms with van der Waals surface area (Å²) in [5.74, 6) is -2.23. The lowest BCUT2D eigenvalue weighted by molar-refractivity contribution is -0.0254. The highest BCUT2D eigenvalue weighted by atomic mass is 16.7. The van der Waals surface area contributed by atoms with E-state index in [0.717, 1.165) is 7.11 Å². The summed E-state index contributed by atoms with van der Waals surface area (Å²) in [7, 11) is 1.13. The number of methoxy groups -OCH3 is 1. The summed E-state index contributed by atoms with van der Waals surface area (Å²) in [4.78, 5) is 48.9. The molecule has 0 spiro atoms. The molecule has 0 fully saturated rings. The minimum Gasteiger partial charge on any atom is -0.458 e. The van der Waals surface area contributed by atoms with Crippen LogP contribution in [0.15, 0.2) is 84.9 Å². The second-order valence-corrected chi connectivity index (χ2v) is 7.01. The molecule has 0 aromatic heterocycles. The summed E-state index contributed by atoms with van der Waals surface area (Å²) in [6.45, 7) is -0.786. The third-order valence-corrected chi connectivity index (χ3v) is 4.56. The number of carbonyl (C=O) groups is 4. The molecule has 1 unspecified atom stereocenters. The molecule has 0 saturated heterocycles. The van der Waals surface area contributed by atoms with Crippen LogP contribution in [0, 0.1) is 0 Å². The van der Waals surface area contributed by atoms with E-state index in [4.69, 9.17) is 18.9 Å². The number of rotatable bonds is 9. The predicted octanol–water partition coefficient (Wildman–Crippen LogP) is 4.07. The molecule has 0 aliphatic carbocycles. The maximum Gasteiger partial charge on any atom is 0.513 e. The van der Waals surface area contributed by atoms with Crippen LogP contribution in [0.1, 0.15) is 31.1 Å². The maximum absolute atomic E-state index is 12.7. The molecule has 35 heavy (non-hydrogen) atoms. The Morgan fingerprint density at radius 3 is 1.77 bits per heavy atom. The first-order valence-corrected chi connectivity index (χ1v) is 10.5. The number of esters is 3. The summed E-state index contributed by atoms with van der Waals surface area (Å²) in [6.07, 6.45) is -2.11. The average Bonchev–Trinajstić information content (AvgIpc) is 2.90. The Hall–Kier alpha value is -4.66. The largest absolute Gasteiger partial charge is 0.513 e. The normalized spacial score (nSPS) is 11.0. The topological polar surface area (TPSA) is 114 Å². The van der Waals surface area contributed by atoms with E-state index in [2.05, 4.69) is 4.74 Å². The van der Waals surface area contributed by atoms with Crippen molar-refractivity contribution in [2.45, 2.75) is 6.10 Å². The Kier molecular flexibility index (Phi) is 8.95. The van der Waals surface area contributed by atoms with Crippen LogP contribution in [0.4, 0.5) is 4.79 Å². The van der Waals surface area contributed by atoms with Crippen LogP contribution < -0.4 is 4.74 Å². The monoisotopic (exact) mass is 478 g/mol. The minimum absolute atomic E-state index is 0.0488. The van der Waals surface area contributed by atoms with Crippen molar-refractivity contribution in [1.82, 2.24) is 0 Å². The van der Waals surface area contributed by atoms with Crippen LogP contribution >= 0.6 is 0 Å². The van der Waals surface area contributed by atoms with Crippen LogP contribution in [0.25, 0.3) is 0 Å². The fraction of sp³-hybridized carbons (Fsp3) is 0.154. The van der Waals surface area contributed by atoms with Gasteiger partial charge in [-0.25, -0.2) is 19.2 Å². The standard InChI is InChI=1S/C26H22O9/c1-31-26(30)35-22-15-9-8-14-21(22)25(29)33-17-20(34-24(28)19-12-6-3-7-13-19)16-32-23(27)18-10-4-2-5-11-18/h2-15,20H,16-17H2,1H3. The van der Waals surface area contributed by atoms with Gasteiger partial charge in [0.05, 0.1) is 18.2 Å². The van der Waals surface area contributed by atoms with E-state index in [1.807, 2.05) is 0 Å². The average molecular weight is 478 g/mol. The molecule has 0 amide bonds. The Labute approximate surface area is 201 Å². The molecule has 0 aliphatic heterocycles. The van der Waals surface area contributed by atoms with E-state index in [1.165, 1.54) is 12.1 Å². The molecule has 0 radical (unpaired) electrons. The summed E-state index contributed by atoms with van der Waals surface area (Å²) >= 11 is 0. The lowest BCUT2D eigenvalue weighted by atomic mass is 10.2.